The molecular formula is C15H11FN2O3. The molecule has 0 aliphatic heterocycles. The maximum absolute atomic E-state index is 13.7. The minimum Gasteiger partial charge on any atom is -0.483 e. The van der Waals surface area contributed by atoms with E-state index in [-0.39, 0.29) is 17.9 Å². The quantitative estimate of drug-likeness (QED) is 0.801. The SMILES string of the molecule is O=C(O)c1cccc(F)c1OCc1cn2ccccc2n1. The smallest absolute Gasteiger partial charge is 0.339 e. The summed E-state index contributed by atoms with van der Waals surface area (Å²) >= 11 is 0. The van der Waals surface area contributed by atoms with Gasteiger partial charge in [-0.15, -0.1) is 0 Å². The molecule has 0 radical (unpaired) electrons. The number of aromatic carboxylic acids is 1. The average Bonchev–Trinajstić information content (AvgIpc) is 2.88. The van der Waals surface area contributed by atoms with Crippen molar-refractivity contribution in [2.45, 2.75) is 6.61 Å². The molecule has 6 heteroatoms. The Morgan fingerprint density at radius 2 is 2.14 bits per heavy atom. The number of benzene rings is 1. The van der Waals surface area contributed by atoms with Gasteiger partial charge in [-0.25, -0.2) is 14.2 Å². The Labute approximate surface area is 119 Å². The summed E-state index contributed by atoms with van der Waals surface area (Å²) in [4.78, 5) is 15.4. The van der Waals surface area contributed by atoms with Gasteiger partial charge in [-0.3, -0.25) is 0 Å². The summed E-state index contributed by atoms with van der Waals surface area (Å²) in [5, 5.41) is 9.04. The zero-order chi connectivity index (χ0) is 14.8. The summed E-state index contributed by atoms with van der Waals surface area (Å²) in [5.74, 6) is -2.22. The first kappa shape index (κ1) is 13.1. The molecule has 0 bridgehead atoms. The van der Waals surface area contributed by atoms with Gasteiger partial charge >= 0.3 is 5.97 Å². The lowest BCUT2D eigenvalue weighted by Gasteiger charge is -2.08. The number of imidazole rings is 1. The largest absolute Gasteiger partial charge is 0.483 e. The molecule has 1 aromatic carbocycles. The number of aromatic nitrogens is 2. The minimum absolute atomic E-state index is 0.0110. The molecule has 3 aromatic rings. The van der Waals surface area contributed by atoms with Crippen LogP contribution in [0.25, 0.3) is 5.65 Å². The number of carboxylic acid groups (broad SMARTS) is 1. The number of nitrogens with zero attached hydrogens (tertiary/aromatic N) is 2. The first-order valence-corrected chi connectivity index (χ1v) is 6.22. The van der Waals surface area contributed by atoms with Crippen molar-refractivity contribution in [2.75, 3.05) is 0 Å². The van der Waals surface area contributed by atoms with Crippen LogP contribution in [-0.2, 0) is 6.61 Å². The van der Waals surface area contributed by atoms with E-state index in [1.807, 2.05) is 24.4 Å². The van der Waals surface area contributed by atoms with E-state index >= 15 is 0 Å². The van der Waals surface area contributed by atoms with Crippen molar-refractivity contribution in [3.63, 3.8) is 0 Å². The number of hydrogen-bond acceptors (Lipinski definition) is 3. The van der Waals surface area contributed by atoms with Crippen LogP contribution in [0.4, 0.5) is 4.39 Å². The fourth-order valence-corrected chi connectivity index (χ4v) is 2.03. The van der Waals surface area contributed by atoms with E-state index in [4.69, 9.17) is 9.84 Å². The van der Waals surface area contributed by atoms with Gasteiger partial charge in [0.05, 0.1) is 5.69 Å². The van der Waals surface area contributed by atoms with E-state index in [1.165, 1.54) is 12.1 Å². The van der Waals surface area contributed by atoms with Crippen LogP contribution < -0.4 is 4.74 Å². The Hall–Kier alpha value is -2.89. The highest BCUT2D eigenvalue weighted by atomic mass is 19.1. The first-order chi connectivity index (χ1) is 10.1. The standard InChI is InChI=1S/C15H11FN2O3/c16-12-5-3-4-11(15(19)20)14(12)21-9-10-8-18-7-2-1-6-13(18)17-10/h1-8H,9H2,(H,19,20). The number of pyridine rings is 1. The van der Waals surface area contributed by atoms with Crippen LogP contribution in [0.2, 0.25) is 0 Å². The van der Waals surface area contributed by atoms with Gasteiger partial charge in [0, 0.05) is 12.4 Å². The van der Waals surface area contributed by atoms with E-state index in [0.29, 0.717) is 5.69 Å². The van der Waals surface area contributed by atoms with Gasteiger partial charge in [-0.1, -0.05) is 12.1 Å². The molecule has 0 amide bonds. The fourth-order valence-electron chi connectivity index (χ4n) is 2.03. The highest BCUT2D eigenvalue weighted by molar-refractivity contribution is 5.90. The summed E-state index contributed by atoms with van der Waals surface area (Å²) in [6.07, 6.45) is 3.58. The second kappa shape index (κ2) is 5.24. The third kappa shape index (κ3) is 2.55. The highest BCUT2D eigenvalue weighted by Crippen LogP contribution is 2.23. The number of halogens is 1. The molecule has 0 atom stereocenters. The van der Waals surface area contributed by atoms with Crippen molar-refractivity contribution in [1.29, 1.82) is 0 Å². The van der Waals surface area contributed by atoms with Crippen LogP contribution in [0.1, 0.15) is 16.1 Å². The number of rotatable bonds is 4. The van der Waals surface area contributed by atoms with Gasteiger partial charge in [0.1, 0.15) is 17.8 Å². The molecule has 0 saturated carbocycles. The van der Waals surface area contributed by atoms with Gasteiger partial charge < -0.3 is 14.2 Å². The van der Waals surface area contributed by atoms with Gasteiger partial charge in [-0.2, -0.15) is 0 Å². The van der Waals surface area contributed by atoms with Gasteiger partial charge in [0.25, 0.3) is 0 Å². The maximum Gasteiger partial charge on any atom is 0.339 e. The Kier molecular flexibility index (Phi) is 3.27. The summed E-state index contributed by atoms with van der Waals surface area (Å²) in [6.45, 7) is -0.0110. The predicted octanol–water partition coefficient (Wildman–Crippen LogP) is 2.75. The predicted molar refractivity (Wildman–Crippen MR) is 72.9 cm³/mol. The Balaban J connectivity index is 1.86. The molecule has 5 nitrogen and oxygen atoms in total. The Bertz CT molecular complexity index is 781. The second-order valence-corrected chi connectivity index (χ2v) is 4.41. The van der Waals surface area contributed by atoms with E-state index in [2.05, 4.69) is 4.98 Å². The number of para-hydroxylation sites is 1. The minimum atomic E-state index is -1.24. The maximum atomic E-state index is 13.7. The van der Waals surface area contributed by atoms with Crippen molar-refractivity contribution >= 4 is 11.6 Å². The Morgan fingerprint density at radius 3 is 2.90 bits per heavy atom. The molecule has 2 heterocycles. The molecule has 2 aromatic heterocycles. The Morgan fingerprint density at radius 1 is 1.29 bits per heavy atom. The number of carbonyl (C=O) groups is 1. The van der Waals surface area contributed by atoms with Gasteiger partial charge in [0.15, 0.2) is 11.6 Å². The van der Waals surface area contributed by atoms with Gasteiger partial charge in [0.2, 0.25) is 0 Å². The molecule has 0 aliphatic carbocycles. The zero-order valence-corrected chi connectivity index (χ0v) is 10.9. The summed E-state index contributed by atoms with van der Waals surface area (Å²) < 4.78 is 20.8. The van der Waals surface area contributed by atoms with Crippen molar-refractivity contribution in [1.82, 2.24) is 9.38 Å². The first-order valence-electron chi connectivity index (χ1n) is 6.22. The van der Waals surface area contributed by atoms with E-state index in [9.17, 15) is 9.18 Å². The van der Waals surface area contributed by atoms with Crippen molar-refractivity contribution in [2.24, 2.45) is 0 Å². The van der Waals surface area contributed by atoms with E-state index < -0.39 is 11.8 Å². The number of fused-ring (bicyclic) bond motifs is 1. The van der Waals surface area contributed by atoms with Crippen molar-refractivity contribution in [3.8, 4) is 5.75 Å². The van der Waals surface area contributed by atoms with Crippen LogP contribution in [-0.4, -0.2) is 20.5 Å². The molecule has 0 saturated heterocycles. The second-order valence-electron chi connectivity index (χ2n) is 4.41. The van der Waals surface area contributed by atoms with E-state index in [1.54, 1.807) is 10.6 Å². The van der Waals surface area contributed by atoms with Crippen molar-refractivity contribution < 1.29 is 19.0 Å². The van der Waals surface area contributed by atoms with E-state index in [0.717, 1.165) is 11.7 Å². The van der Waals surface area contributed by atoms with Crippen LogP contribution in [0, 0.1) is 5.82 Å². The fraction of sp³-hybridized carbons (Fsp3) is 0.0667. The summed E-state index contributed by atoms with van der Waals surface area (Å²) in [6, 6.07) is 9.33. The zero-order valence-electron chi connectivity index (χ0n) is 10.9. The third-order valence-corrected chi connectivity index (χ3v) is 2.98. The molecule has 3 rings (SSSR count). The van der Waals surface area contributed by atoms with Gasteiger partial charge in [-0.05, 0) is 24.3 Å². The monoisotopic (exact) mass is 286 g/mol. The normalized spacial score (nSPS) is 10.7. The highest BCUT2D eigenvalue weighted by Gasteiger charge is 2.16. The average molecular weight is 286 g/mol. The molecule has 0 fully saturated rings. The van der Waals surface area contributed by atoms with Crippen LogP contribution in [0.5, 0.6) is 5.75 Å². The number of carboxylic acids is 1. The molecule has 0 spiro atoms. The van der Waals surface area contributed by atoms with Crippen LogP contribution in [0.15, 0.2) is 48.8 Å². The lowest BCUT2D eigenvalue weighted by atomic mass is 10.2. The number of hydrogen-bond donors (Lipinski definition) is 1. The summed E-state index contributed by atoms with van der Waals surface area (Å²) in [7, 11) is 0. The lowest BCUT2D eigenvalue weighted by Crippen LogP contribution is -2.05. The summed E-state index contributed by atoms with van der Waals surface area (Å²) in [5.41, 5.74) is 1.11. The van der Waals surface area contributed by atoms with Crippen molar-refractivity contribution in [3.05, 3.63) is 65.9 Å². The van der Waals surface area contributed by atoms with Crippen LogP contribution in [0.3, 0.4) is 0 Å². The van der Waals surface area contributed by atoms with Crippen LogP contribution >= 0.6 is 0 Å². The topological polar surface area (TPSA) is 63.8 Å². The molecule has 0 unspecified atom stereocenters. The molecule has 0 aliphatic rings. The molecule has 106 valence electrons. The lowest BCUT2D eigenvalue weighted by molar-refractivity contribution is 0.0690. The molecule has 21 heavy (non-hydrogen) atoms. The molecule has 1 N–H and O–H groups in total. The third-order valence-electron chi connectivity index (χ3n) is 2.98. The molecular weight excluding hydrogens is 275 g/mol. The number of ether oxygens (including phenoxy) is 1.